The molecule has 1 aliphatic carbocycles. The zero-order chi connectivity index (χ0) is 14.2. The number of nitrogens with one attached hydrogen (secondary N) is 1. The molecular weight excluding hydrogens is 289 g/mol. The van der Waals surface area contributed by atoms with Crippen molar-refractivity contribution < 1.29 is 13.2 Å². The van der Waals surface area contributed by atoms with Crippen LogP contribution in [0.1, 0.15) is 29.1 Å². The zero-order valence-electron chi connectivity index (χ0n) is 10.5. The summed E-state index contributed by atoms with van der Waals surface area (Å²) in [5.41, 5.74) is 0.00257. The van der Waals surface area contributed by atoms with Gasteiger partial charge in [0, 0.05) is 24.2 Å². The van der Waals surface area contributed by atoms with E-state index >= 15 is 0 Å². The third-order valence-electron chi connectivity index (χ3n) is 3.00. The summed E-state index contributed by atoms with van der Waals surface area (Å²) in [6.45, 7) is 0.984. The van der Waals surface area contributed by atoms with E-state index in [1.807, 2.05) is 5.38 Å². The Hall–Kier alpha value is -1.41. The highest BCUT2D eigenvalue weighted by Gasteiger charge is 2.32. The Balaban J connectivity index is 1.60. The van der Waals surface area contributed by atoms with Crippen molar-refractivity contribution in [1.82, 2.24) is 20.1 Å². The summed E-state index contributed by atoms with van der Waals surface area (Å²) in [6.07, 6.45) is -0.0828. The van der Waals surface area contributed by atoms with Gasteiger partial charge in [-0.2, -0.15) is 18.3 Å². The van der Waals surface area contributed by atoms with Gasteiger partial charge in [0.15, 0.2) is 0 Å². The molecule has 2 heterocycles. The van der Waals surface area contributed by atoms with E-state index < -0.39 is 11.7 Å². The van der Waals surface area contributed by atoms with Crippen LogP contribution in [0, 0.1) is 0 Å². The largest absolute Gasteiger partial charge is 0.419 e. The summed E-state index contributed by atoms with van der Waals surface area (Å²) in [5.74, 6) is 0. The number of thiazole rings is 1. The van der Waals surface area contributed by atoms with Crippen LogP contribution in [-0.4, -0.2) is 20.8 Å². The Labute approximate surface area is 117 Å². The molecular formula is C12H13F3N4S. The monoisotopic (exact) mass is 302 g/mol. The number of rotatable bonds is 5. The summed E-state index contributed by atoms with van der Waals surface area (Å²) in [5, 5.41) is 9.88. The number of alkyl halides is 3. The zero-order valence-corrected chi connectivity index (χ0v) is 11.3. The van der Waals surface area contributed by atoms with Gasteiger partial charge in [-0.1, -0.05) is 0 Å². The van der Waals surface area contributed by atoms with Gasteiger partial charge in [0.05, 0.1) is 24.0 Å². The Morgan fingerprint density at radius 3 is 2.85 bits per heavy atom. The lowest BCUT2D eigenvalue weighted by atomic mass is 10.3. The van der Waals surface area contributed by atoms with Crippen molar-refractivity contribution in [3.8, 4) is 0 Å². The highest BCUT2D eigenvalue weighted by Crippen LogP contribution is 2.28. The molecule has 0 bridgehead atoms. The standard InChI is InChI=1S/C12H13F3N4S/c13-12(14,15)8-3-17-19(5-8)6-10-7-20-11(18-10)4-16-9-1-2-9/h3,5,7,9,16H,1-2,4,6H2. The molecule has 0 amide bonds. The van der Waals surface area contributed by atoms with E-state index in [1.165, 1.54) is 28.9 Å². The molecule has 1 aliphatic rings. The van der Waals surface area contributed by atoms with E-state index in [1.54, 1.807) is 0 Å². The Morgan fingerprint density at radius 1 is 1.40 bits per heavy atom. The molecule has 1 N–H and O–H groups in total. The molecule has 0 radical (unpaired) electrons. The summed E-state index contributed by atoms with van der Waals surface area (Å²) in [6, 6.07) is 0.614. The van der Waals surface area contributed by atoms with Gasteiger partial charge in [-0.05, 0) is 12.8 Å². The minimum absolute atomic E-state index is 0.260. The first-order valence-corrected chi connectivity index (χ1v) is 7.15. The molecule has 3 rings (SSSR count). The van der Waals surface area contributed by atoms with Gasteiger partial charge >= 0.3 is 6.18 Å². The van der Waals surface area contributed by atoms with E-state index in [2.05, 4.69) is 15.4 Å². The smallest absolute Gasteiger partial charge is 0.308 e. The normalized spacial score (nSPS) is 15.8. The molecule has 20 heavy (non-hydrogen) atoms. The van der Waals surface area contributed by atoms with Crippen molar-refractivity contribution in [3.05, 3.63) is 34.0 Å². The minimum atomic E-state index is -4.35. The number of aromatic nitrogens is 3. The first-order chi connectivity index (χ1) is 9.50. The van der Waals surface area contributed by atoms with Crippen LogP contribution in [0.2, 0.25) is 0 Å². The van der Waals surface area contributed by atoms with Crippen LogP contribution < -0.4 is 5.32 Å². The highest BCUT2D eigenvalue weighted by molar-refractivity contribution is 7.09. The van der Waals surface area contributed by atoms with Crippen LogP contribution in [-0.2, 0) is 19.3 Å². The highest BCUT2D eigenvalue weighted by atomic mass is 32.1. The minimum Gasteiger partial charge on any atom is -0.308 e. The predicted molar refractivity (Wildman–Crippen MR) is 68.3 cm³/mol. The summed E-state index contributed by atoms with van der Waals surface area (Å²) in [4.78, 5) is 4.39. The molecule has 1 saturated carbocycles. The van der Waals surface area contributed by atoms with Crippen LogP contribution in [0.5, 0.6) is 0 Å². The van der Waals surface area contributed by atoms with Crippen molar-refractivity contribution in [2.24, 2.45) is 0 Å². The third-order valence-corrected chi connectivity index (χ3v) is 3.90. The van der Waals surface area contributed by atoms with E-state index in [4.69, 9.17) is 0 Å². The second-order valence-electron chi connectivity index (χ2n) is 4.81. The van der Waals surface area contributed by atoms with Crippen LogP contribution >= 0.6 is 11.3 Å². The van der Waals surface area contributed by atoms with Crippen LogP contribution in [0.4, 0.5) is 13.2 Å². The summed E-state index contributed by atoms with van der Waals surface area (Å²) >= 11 is 1.51. The van der Waals surface area contributed by atoms with Crippen molar-refractivity contribution in [3.63, 3.8) is 0 Å². The van der Waals surface area contributed by atoms with Crippen LogP contribution in [0.25, 0.3) is 0 Å². The van der Waals surface area contributed by atoms with Crippen LogP contribution in [0.15, 0.2) is 17.8 Å². The van der Waals surface area contributed by atoms with E-state index in [0.29, 0.717) is 6.04 Å². The maximum absolute atomic E-state index is 12.5. The maximum atomic E-state index is 12.5. The number of halogens is 3. The lowest BCUT2D eigenvalue weighted by molar-refractivity contribution is -0.137. The summed E-state index contributed by atoms with van der Waals surface area (Å²) < 4.78 is 38.6. The van der Waals surface area contributed by atoms with E-state index in [0.717, 1.165) is 29.6 Å². The second kappa shape index (κ2) is 5.17. The van der Waals surface area contributed by atoms with Gasteiger partial charge in [0.25, 0.3) is 0 Å². The molecule has 0 atom stereocenters. The average molecular weight is 302 g/mol. The fraction of sp³-hybridized carbons (Fsp3) is 0.500. The van der Waals surface area contributed by atoms with Gasteiger partial charge in [-0.15, -0.1) is 11.3 Å². The molecule has 2 aromatic rings. The SMILES string of the molecule is FC(F)(F)c1cnn(Cc2csc(CNC3CC3)n2)c1. The van der Waals surface area contributed by atoms with Crippen molar-refractivity contribution in [2.45, 2.75) is 38.1 Å². The Morgan fingerprint density at radius 2 is 2.20 bits per heavy atom. The molecule has 0 unspecified atom stereocenters. The van der Waals surface area contributed by atoms with Gasteiger partial charge < -0.3 is 5.32 Å². The van der Waals surface area contributed by atoms with E-state index in [-0.39, 0.29) is 6.54 Å². The van der Waals surface area contributed by atoms with Gasteiger partial charge in [-0.25, -0.2) is 4.98 Å². The number of nitrogens with zero attached hydrogens (tertiary/aromatic N) is 3. The average Bonchev–Trinajstić information content (AvgIpc) is 2.89. The molecule has 8 heteroatoms. The Bertz CT molecular complexity index is 586. The van der Waals surface area contributed by atoms with Gasteiger partial charge in [-0.3, -0.25) is 4.68 Å². The lowest BCUT2D eigenvalue weighted by Crippen LogP contribution is -2.15. The first-order valence-electron chi connectivity index (χ1n) is 6.27. The molecule has 0 saturated heterocycles. The van der Waals surface area contributed by atoms with Gasteiger partial charge in [0.1, 0.15) is 5.01 Å². The molecule has 4 nitrogen and oxygen atoms in total. The fourth-order valence-electron chi connectivity index (χ4n) is 1.78. The quantitative estimate of drug-likeness (QED) is 0.923. The summed E-state index contributed by atoms with van der Waals surface area (Å²) in [7, 11) is 0. The molecule has 0 aromatic carbocycles. The van der Waals surface area contributed by atoms with Crippen molar-refractivity contribution in [1.29, 1.82) is 0 Å². The van der Waals surface area contributed by atoms with Crippen LogP contribution in [0.3, 0.4) is 0 Å². The molecule has 0 spiro atoms. The van der Waals surface area contributed by atoms with Crippen molar-refractivity contribution in [2.75, 3.05) is 0 Å². The predicted octanol–water partition coefficient (Wildman–Crippen LogP) is 2.66. The lowest BCUT2D eigenvalue weighted by Gasteiger charge is -2.01. The van der Waals surface area contributed by atoms with Crippen molar-refractivity contribution >= 4 is 11.3 Å². The molecule has 2 aromatic heterocycles. The first kappa shape index (κ1) is 13.6. The van der Waals surface area contributed by atoms with Gasteiger partial charge in [0.2, 0.25) is 0 Å². The third kappa shape index (κ3) is 3.37. The number of hydrogen-bond donors (Lipinski definition) is 1. The fourth-order valence-corrected chi connectivity index (χ4v) is 2.52. The maximum Gasteiger partial charge on any atom is 0.419 e. The molecule has 0 aliphatic heterocycles. The van der Waals surface area contributed by atoms with E-state index in [9.17, 15) is 13.2 Å². The Kier molecular flexibility index (Phi) is 3.51. The molecule has 1 fully saturated rings. The second-order valence-corrected chi connectivity index (χ2v) is 5.75. The number of hydrogen-bond acceptors (Lipinski definition) is 4. The molecule has 108 valence electrons. The topological polar surface area (TPSA) is 42.7 Å².